The van der Waals surface area contributed by atoms with Crippen molar-refractivity contribution in [3.8, 4) is 0 Å². The molecule has 1 atom stereocenters. The number of halogens is 1. The zero-order valence-corrected chi connectivity index (χ0v) is 17.7. The molecule has 3 heteroatoms. The van der Waals surface area contributed by atoms with E-state index in [0.29, 0.717) is 6.04 Å². The standard InChI is InChI=1S/C25H33ClNO/c1-20(28)25(22-10-12-23(26)13-11-22)18-24(19-25)27(15-6-3-7-16-27)17-14-21-8-4-2-5-9-21/h2,4-5,8-13,20,24,28H,3,6-7,14-19H2,1H3/q+1. The molecule has 1 saturated heterocycles. The third-order valence-electron chi connectivity index (χ3n) is 7.59. The Balaban J connectivity index is 1.52. The molecule has 1 heterocycles. The molecule has 0 spiro atoms. The summed E-state index contributed by atoms with van der Waals surface area (Å²) in [7, 11) is 0. The molecule has 2 aliphatic rings. The lowest BCUT2D eigenvalue weighted by Crippen LogP contribution is -2.68. The van der Waals surface area contributed by atoms with Crippen LogP contribution in [-0.4, -0.2) is 41.4 Å². The van der Waals surface area contributed by atoms with Gasteiger partial charge in [-0.2, -0.15) is 0 Å². The van der Waals surface area contributed by atoms with Gasteiger partial charge in [0.2, 0.25) is 0 Å². The van der Waals surface area contributed by atoms with E-state index in [2.05, 4.69) is 42.5 Å². The molecule has 2 aromatic carbocycles. The van der Waals surface area contributed by atoms with Crippen molar-refractivity contribution >= 4 is 11.6 Å². The summed E-state index contributed by atoms with van der Waals surface area (Å²) < 4.78 is 1.25. The Hall–Kier alpha value is -1.35. The average molecular weight is 399 g/mol. The van der Waals surface area contributed by atoms with E-state index in [-0.39, 0.29) is 11.5 Å². The zero-order chi connectivity index (χ0) is 19.6. The third kappa shape index (κ3) is 3.75. The first kappa shape index (κ1) is 19.9. The van der Waals surface area contributed by atoms with Gasteiger partial charge in [0.05, 0.1) is 31.8 Å². The molecule has 2 aromatic rings. The lowest BCUT2D eigenvalue weighted by molar-refractivity contribution is -0.962. The predicted molar refractivity (Wildman–Crippen MR) is 117 cm³/mol. The first-order chi connectivity index (χ1) is 13.5. The van der Waals surface area contributed by atoms with Crippen LogP contribution >= 0.6 is 11.6 Å². The van der Waals surface area contributed by atoms with E-state index in [1.54, 1.807) is 0 Å². The normalized spacial score (nSPS) is 27.8. The summed E-state index contributed by atoms with van der Waals surface area (Å²) >= 11 is 6.11. The number of aliphatic hydroxyl groups is 1. The number of benzene rings is 2. The number of likely N-dealkylation sites (tertiary alicyclic amines) is 1. The minimum atomic E-state index is -0.330. The predicted octanol–water partition coefficient (Wildman–Crippen LogP) is 5.36. The summed E-state index contributed by atoms with van der Waals surface area (Å²) in [4.78, 5) is 0. The molecule has 0 aromatic heterocycles. The maximum Gasteiger partial charge on any atom is 0.0909 e. The van der Waals surface area contributed by atoms with Crippen LogP contribution in [-0.2, 0) is 11.8 Å². The lowest BCUT2D eigenvalue weighted by Gasteiger charge is -2.59. The van der Waals surface area contributed by atoms with Gasteiger partial charge in [0.25, 0.3) is 0 Å². The van der Waals surface area contributed by atoms with Crippen molar-refractivity contribution in [2.75, 3.05) is 19.6 Å². The molecule has 28 heavy (non-hydrogen) atoms. The van der Waals surface area contributed by atoms with Crippen molar-refractivity contribution in [3.63, 3.8) is 0 Å². The second kappa shape index (κ2) is 8.18. The van der Waals surface area contributed by atoms with E-state index in [4.69, 9.17) is 11.6 Å². The Bertz CT molecular complexity index is 759. The number of rotatable bonds is 6. The van der Waals surface area contributed by atoms with Crippen LogP contribution in [0.1, 0.15) is 50.2 Å². The Morgan fingerprint density at radius 2 is 1.64 bits per heavy atom. The first-order valence-corrected chi connectivity index (χ1v) is 11.3. The molecule has 150 valence electrons. The topological polar surface area (TPSA) is 20.2 Å². The third-order valence-corrected chi connectivity index (χ3v) is 7.84. The van der Waals surface area contributed by atoms with Crippen LogP contribution in [0.4, 0.5) is 0 Å². The van der Waals surface area contributed by atoms with Crippen LogP contribution in [0.3, 0.4) is 0 Å². The highest BCUT2D eigenvalue weighted by Gasteiger charge is 2.56. The largest absolute Gasteiger partial charge is 0.392 e. The SMILES string of the molecule is CC(O)C1(c2ccc(Cl)cc2)CC([N+]2(CCc3ccccc3)CCCCC2)C1. The van der Waals surface area contributed by atoms with Crippen LogP contribution in [0, 0.1) is 0 Å². The first-order valence-electron chi connectivity index (χ1n) is 10.9. The van der Waals surface area contributed by atoms with Crippen molar-refractivity contribution in [3.05, 3.63) is 70.7 Å². The summed E-state index contributed by atoms with van der Waals surface area (Å²) in [6.07, 6.45) is 7.05. The second-order valence-electron chi connectivity index (χ2n) is 9.09. The minimum Gasteiger partial charge on any atom is -0.392 e. The van der Waals surface area contributed by atoms with Crippen LogP contribution in [0.2, 0.25) is 5.02 Å². The quantitative estimate of drug-likeness (QED) is 0.649. The van der Waals surface area contributed by atoms with Crippen molar-refractivity contribution in [1.29, 1.82) is 0 Å². The number of aliphatic hydroxyl groups excluding tert-OH is 1. The molecule has 2 nitrogen and oxygen atoms in total. The average Bonchev–Trinajstić information content (AvgIpc) is 2.68. The van der Waals surface area contributed by atoms with Gasteiger partial charge in [-0.1, -0.05) is 54.1 Å². The molecule has 4 rings (SSSR count). The van der Waals surface area contributed by atoms with Gasteiger partial charge < -0.3 is 9.59 Å². The van der Waals surface area contributed by atoms with Crippen LogP contribution in [0.15, 0.2) is 54.6 Å². The van der Waals surface area contributed by atoms with Crippen LogP contribution < -0.4 is 0 Å². The van der Waals surface area contributed by atoms with E-state index < -0.39 is 0 Å². The van der Waals surface area contributed by atoms with E-state index >= 15 is 0 Å². The monoisotopic (exact) mass is 398 g/mol. The van der Waals surface area contributed by atoms with Gasteiger partial charge >= 0.3 is 0 Å². The molecule has 0 amide bonds. The molecule has 1 unspecified atom stereocenters. The maximum absolute atomic E-state index is 10.7. The zero-order valence-electron chi connectivity index (χ0n) is 17.0. The summed E-state index contributed by atoms with van der Waals surface area (Å²) in [5.74, 6) is 0. The van der Waals surface area contributed by atoms with E-state index in [1.807, 2.05) is 19.1 Å². The minimum absolute atomic E-state index is 0.106. The number of hydrogen-bond donors (Lipinski definition) is 1. The van der Waals surface area contributed by atoms with E-state index in [9.17, 15) is 5.11 Å². The molecule has 2 fully saturated rings. The molecule has 1 saturated carbocycles. The highest BCUT2D eigenvalue weighted by molar-refractivity contribution is 6.30. The van der Waals surface area contributed by atoms with Crippen molar-refractivity contribution in [2.24, 2.45) is 0 Å². The van der Waals surface area contributed by atoms with Gasteiger partial charge in [-0.15, -0.1) is 0 Å². The summed E-state index contributed by atoms with van der Waals surface area (Å²) in [5, 5.41) is 11.5. The second-order valence-corrected chi connectivity index (χ2v) is 9.52. The van der Waals surface area contributed by atoms with Gasteiger partial charge in [-0.25, -0.2) is 0 Å². The molecule has 0 bridgehead atoms. The highest BCUT2D eigenvalue weighted by Crippen LogP contribution is 2.51. The lowest BCUT2D eigenvalue weighted by atomic mass is 9.57. The molecule has 0 radical (unpaired) electrons. The smallest absolute Gasteiger partial charge is 0.0909 e. The Morgan fingerprint density at radius 1 is 1.00 bits per heavy atom. The van der Waals surface area contributed by atoms with Crippen molar-refractivity contribution in [2.45, 2.75) is 63.0 Å². The van der Waals surface area contributed by atoms with Crippen molar-refractivity contribution < 1.29 is 9.59 Å². The Morgan fingerprint density at radius 3 is 2.25 bits per heavy atom. The van der Waals surface area contributed by atoms with Gasteiger partial charge in [-0.05, 0) is 49.4 Å². The van der Waals surface area contributed by atoms with E-state index in [0.717, 1.165) is 24.3 Å². The van der Waals surface area contributed by atoms with Crippen molar-refractivity contribution in [1.82, 2.24) is 0 Å². The highest BCUT2D eigenvalue weighted by atomic mass is 35.5. The van der Waals surface area contributed by atoms with Gasteiger partial charge in [0.1, 0.15) is 0 Å². The number of hydrogen-bond acceptors (Lipinski definition) is 1. The molecular weight excluding hydrogens is 366 g/mol. The Kier molecular flexibility index (Phi) is 5.83. The molecule has 1 aliphatic carbocycles. The summed E-state index contributed by atoms with van der Waals surface area (Å²) in [6.45, 7) is 5.79. The fourth-order valence-corrected chi connectivity index (χ4v) is 5.80. The fourth-order valence-electron chi connectivity index (χ4n) is 5.68. The summed E-state index contributed by atoms with van der Waals surface area (Å²) in [5.41, 5.74) is 2.59. The maximum atomic E-state index is 10.7. The van der Waals surface area contributed by atoms with Crippen LogP contribution in [0.25, 0.3) is 0 Å². The molecule has 1 aliphatic heterocycles. The Labute approximate surface area is 174 Å². The number of piperidine rings is 1. The fraction of sp³-hybridized carbons (Fsp3) is 0.520. The van der Waals surface area contributed by atoms with Gasteiger partial charge in [0, 0.05) is 29.7 Å². The summed E-state index contributed by atoms with van der Waals surface area (Å²) in [6, 6.07) is 19.8. The van der Waals surface area contributed by atoms with Gasteiger partial charge in [0.15, 0.2) is 0 Å². The van der Waals surface area contributed by atoms with Crippen LogP contribution in [0.5, 0.6) is 0 Å². The molecular formula is C25H33ClNO+. The number of quaternary nitrogens is 1. The van der Waals surface area contributed by atoms with Gasteiger partial charge in [-0.3, -0.25) is 0 Å². The van der Waals surface area contributed by atoms with E-state index in [1.165, 1.54) is 54.5 Å². The number of nitrogens with zero attached hydrogens (tertiary/aromatic N) is 1. The molecule has 1 N–H and O–H groups in total.